The Morgan fingerprint density at radius 1 is 0.605 bits per heavy atom. The predicted octanol–water partition coefficient (Wildman–Crippen LogP) is 10.3. The minimum absolute atomic E-state index is 1.06. The highest BCUT2D eigenvalue weighted by Gasteiger charge is 2.12. The second-order valence-corrected chi connectivity index (χ2v) is 8.69. The highest BCUT2D eigenvalue weighted by molar-refractivity contribution is 5.85. The first-order valence-corrected chi connectivity index (χ1v) is 12.9. The van der Waals surface area contributed by atoms with Crippen molar-refractivity contribution in [3.05, 3.63) is 187 Å². The van der Waals surface area contributed by atoms with E-state index in [-0.39, 0.29) is 0 Å². The van der Waals surface area contributed by atoms with E-state index in [1.165, 1.54) is 5.56 Å². The molecule has 0 unspecified atom stereocenters. The fraction of sp³-hybridized carbons (Fsp3) is 0.0270. The van der Waals surface area contributed by atoms with E-state index in [1.54, 1.807) is 0 Å². The van der Waals surface area contributed by atoms with E-state index < -0.39 is 0 Å². The second kappa shape index (κ2) is 14.0. The number of nitrogens with zero attached hydrogens (tertiary/aromatic N) is 1. The molecule has 38 heavy (non-hydrogen) atoms. The molecule has 4 aromatic carbocycles. The zero-order chi connectivity index (χ0) is 26.4. The van der Waals surface area contributed by atoms with Crippen LogP contribution in [0, 0.1) is 0 Å². The molecule has 4 aromatic rings. The number of allylic oxidation sites excluding steroid dienone is 8. The van der Waals surface area contributed by atoms with Gasteiger partial charge in [0.05, 0.1) is 0 Å². The summed E-state index contributed by atoms with van der Waals surface area (Å²) in [6, 6.07) is 39.8. The zero-order valence-electron chi connectivity index (χ0n) is 21.8. The van der Waals surface area contributed by atoms with Crippen molar-refractivity contribution in [2.75, 3.05) is 4.90 Å². The Labute approximate surface area is 227 Å². The van der Waals surface area contributed by atoms with Gasteiger partial charge in [0.2, 0.25) is 0 Å². The first-order chi connectivity index (χ1) is 18.8. The molecule has 0 fully saturated rings. The Morgan fingerprint density at radius 2 is 1.13 bits per heavy atom. The number of rotatable bonds is 10. The van der Waals surface area contributed by atoms with E-state index in [1.807, 2.05) is 55.5 Å². The second-order valence-electron chi connectivity index (χ2n) is 8.69. The van der Waals surface area contributed by atoms with E-state index in [9.17, 15) is 0 Å². The van der Waals surface area contributed by atoms with Crippen LogP contribution < -0.4 is 4.90 Å². The average Bonchev–Trinajstić information content (AvgIpc) is 2.99. The van der Waals surface area contributed by atoms with Gasteiger partial charge in [0.15, 0.2) is 0 Å². The third-order valence-corrected chi connectivity index (χ3v) is 6.04. The van der Waals surface area contributed by atoms with Crippen molar-refractivity contribution in [2.45, 2.75) is 6.92 Å². The van der Waals surface area contributed by atoms with E-state index in [0.717, 1.165) is 33.6 Å². The summed E-state index contributed by atoms with van der Waals surface area (Å²) in [6.45, 7) is 6.13. The predicted molar refractivity (Wildman–Crippen MR) is 167 cm³/mol. The van der Waals surface area contributed by atoms with Crippen LogP contribution in [0.25, 0.3) is 17.7 Å². The molecule has 0 aliphatic carbocycles. The standard InChI is InChI=1S/C37H33N/c1-3-5-21-33(4-2)37(34-22-11-7-12-23-34)30-38(35-24-13-8-14-25-35)36-28-26-32(27-29-36)20-16-15-19-31-17-9-6-10-18-31/h3-30H,2H2,1H3/b5-3-,19-15+,20-16+,33-21+,37-30+. The van der Waals surface area contributed by atoms with Gasteiger partial charge in [0.25, 0.3) is 0 Å². The van der Waals surface area contributed by atoms with E-state index in [4.69, 9.17) is 0 Å². The molecule has 0 spiro atoms. The quantitative estimate of drug-likeness (QED) is 0.199. The number of hydrogen-bond donors (Lipinski definition) is 0. The molecule has 1 nitrogen and oxygen atoms in total. The van der Waals surface area contributed by atoms with Crippen molar-refractivity contribution in [2.24, 2.45) is 0 Å². The van der Waals surface area contributed by atoms with Crippen molar-refractivity contribution < 1.29 is 0 Å². The third-order valence-electron chi connectivity index (χ3n) is 6.04. The SMILES string of the molecule is C=CC(=C\C=C/C)/C(=C\N(c1ccccc1)c1ccc(/C=C/C=C/c2ccccc2)cc1)c1ccccc1. The smallest absolute Gasteiger partial charge is 0.0456 e. The van der Waals surface area contributed by atoms with Crippen LogP contribution in [0.4, 0.5) is 11.4 Å². The maximum absolute atomic E-state index is 4.10. The molecule has 0 aromatic heterocycles. The Bertz CT molecular complexity index is 1440. The number of para-hydroxylation sites is 1. The van der Waals surface area contributed by atoms with Crippen LogP contribution in [0.2, 0.25) is 0 Å². The number of anilines is 2. The molecule has 0 saturated carbocycles. The fourth-order valence-corrected chi connectivity index (χ4v) is 4.06. The Hall–Kier alpha value is -4.88. The lowest BCUT2D eigenvalue weighted by atomic mass is 9.97. The van der Waals surface area contributed by atoms with Gasteiger partial charge in [-0.3, -0.25) is 0 Å². The summed E-state index contributed by atoms with van der Waals surface area (Å²) in [5.74, 6) is 0. The van der Waals surface area contributed by atoms with Gasteiger partial charge in [-0.1, -0.05) is 146 Å². The van der Waals surface area contributed by atoms with Crippen LogP contribution >= 0.6 is 0 Å². The molecule has 186 valence electrons. The van der Waals surface area contributed by atoms with E-state index in [0.29, 0.717) is 0 Å². The molecule has 0 amide bonds. The topological polar surface area (TPSA) is 3.24 Å². The van der Waals surface area contributed by atoms with Crippen molar-refractivity contribution in [1.82, 2.24) is 0 Å². The lowest BCUT2D eigenvalue weighted by Gasteiger charge is -2.23. The van der Waals surface area contributed by atoms with Crippen LogP contribution in [-0.4, -0.2) is 0 Å². The maximum atomic E-state index is 4.10. The Balaban J connectivity index is 1.70. The lowest BCUT2D eigenvalue weighted by molar-refractivity contribution is 1.28. The van der Waals surface area contributed by atoms with Crippen molar-refractivity contribution in [1.29, 1.82) is 0 Å². The summed E-state index contributed by atoms with van der Waals surface area (Å²) in [4.78, 5) is 2.23. The normalized spacial score (nSPS) is 12.4. The highest BCUT2D eigenvalue weighted by Crippen LogP contribution is 2.32. The van der Waals surface area contributed by atoms with Crippen molar-refractivity contribution >= 4 is 29.1 Å². The zero-order valence-corrected chi connectivity index (χ0v) is 21.8. The lowest BCUT2D eigenvalue weighted by Crippen LogP contribution is -2.10. The van der Waals surface area contributed by atoms with Crippen LogP contribution in [0.5, 0.6) is 0 Å². The van der Waals surface area contributed by atoms with Gasteiger partial charge in [0, 0.05) is 23.1 Å². The van der Waals surface area contributed by atoms with Gasteiger partial charge >= 0.3 is 0 Å². The molecule has 0 aliphatic rings. The average molecular weight is 492 g/mol. The Kier molecular flexibility index (Phi) is 9.66. The maximum Gasteiger partial charge on any atom is 0.0456 e. The van der Waals surface area contributed by atoms with Gasteiger partial charge in [-0.05, 0) is 53.5 Å². The minimum Gasteiger partial charge on any atom is -0.317 e. The van der Waals surface area contributed by atoms with Crippen LogP contribution in [0.3, 0.4) is 0 Å². The monoisotopic (exact) mass is 491 g/mol. The summed E-state index contributed by atoms with van der Waals surface area (Å²) < 4.78 is 0. The van der Waals surface area contributed by atoms with Gasteiger partial charge in [-0.25, -0.2) is 0 Å². The molecular weight excluding hydrogens is 458 g/mol. The van der Waals surface area contributed by atoms with Crippen LogP contribution in [0.1, 0.15) is 23.6 Å². The largest absolute Gasteiger partial charge is 0.317 e. The van der Waals surface area contributed by atoms with Crippen LogP contribution in [0.15, 0.2) is 170 Å². The highest BCUT2D eigenvalue weighted by atomic mass is 15.1. The molecule has 0 heterocycles. The van der Waals surface area contributed by atoms with E-state index in [2.05, 4.69) is 133 Å². The molecule has 0 bridgehead atoms. The molecule has 0 aliphatic heterocycles. The van der Waals surface area contributed by atoms with Gasteiger partial charge < -0.3 is 4.90 Å². The first kappa shape index (κ1) is 26.2. The minimum atomic E-state index is 1.06. The van der Waals surface area contributed by atoms with Crippen molar-refractivity contribution in [3.63, 3.8) is 0 Å². The molecule has 0 N–H and O–H groups in total. The Morgan fingerprint density at radius 3 is 1.71 bits per heavy atom. The fourth-order valence-electron chi connectivity index (χ4n) is 4.06. The molecule has 0 saturated heterocycles. The molecule has 4 rings (SSSR count). The summed E-state index contributed by atoms with van der Waals surface area (Å²) in [6.07, 6.45) is 18.7. The summed E-state index contributed by atoms with van der Waals surface area (Å²) in [7, 11) is 0. The van der Waals surface area contributed by atoms with Gasteiger partial charge in [0.1, 0.15) is 0 Å². The van der Waals surface area contributed by atoms with E-state index >= 15 is 0 Å². The first-order valence-electron chi connectivity index (χ1n) is 12.9. The number of benzene rings is 4. The molecule has 0 radical (unpaired) electrons. The molecular formula is C37H33N. The third kappa shape index (κ3) is 7.32. The van der Waals surface area contributed by atoms with Crippen molar-refractivity contribution in [3.8, 4) is 0 Å². The molecule has 0 atom stereocenters. The van der Waals surface area contributed by atoms with Gasteiger partial charge in [-0.2, -0.15) is 0 Å². The van der Waals surface area contributed by atoms with Crippen LogP contribution in [-0.2, 0) is 0 Å². The summed E-state index contributed by atoms with van der Waals surface area (Å²) >= 11 is 0. The molecule has 1 heteroatoms. The summed E-state index contributed by atoms with van der Waals surface area (Å²) in [5.41, 5.74) is 7.78. The van der Waals surface area contributed by atoms with Gasteiger partial charge in [-0.15, -0.1) is 0 Å². The number of hydrogen-bond acceptors (Lipinski definition) is 1. The summed E-state index contributed by atoms with van der Waals surface area (Å²) in [5, 5.41) is 0.